The summed E-state index contributed by atoms with van der Waals surface area (Å²) in [5.41, 5.74) is 0.748. The highest BCUT2D eigenvalue weighted by molar-refractivity contribution is 6.39. The molecular formula is C15H20N4O4. The predicted molar refractivity (Wildman–Crippen MR) is 82.8 cm³/mol. The molecule has 0 saturated carbocycles. The third kappa shape index (κ3) is 4.41. The van der Waals surface area contributed by atoms with Crippen molar-refractivity contribution in [1.29, 1.82) is 0 Å². The van der Waals surface area contributed by atoms with Crippen molar-refractivity contribution in [2.45, 2.75) is 13.8 Å². The summed E-state index contributed by atoms with van der Waals surface area (Å²) in [4.78, 5) is 42.8. The number of amides is 3. The van der Waals surface area contributed by atoms with Crippen molar-refractivity contribution in [2.24, 2.45) is 0 Å². The van der Waals surface area contributed by atoms with Crippen molar-refractivity contribution < 1.29 is 19.1 Å². The van der Waals surface area contributed by atoms with E-state index in [-0.39, 0.29) is 0 Å². The van der Waals surface area contributed by atoms with Crippen molar-refractivity contribution in [3.63, 3.8) is 0 Å². The molecule has 2 rings (SSSR count). The zero-order valence-corrected chi connectivity index (χ0v) is 13.2. The maximum Gasteiger partial charge on any atom is 0.409 e. The monoisotopic (exact) mass is 320 g/mol. The highest BCUT2D eigenvalue weighted by atomic mass is 16.6. The summed E-state index contributed by atoms with van der Waals surface area (Å²) in [5.74, 6) is -1.02. The lowest BCUT2D eigenvalue weighted by Gasteiger charge is -2.33. The standard InChI is InChI=1S/C15H20N4O4/c1-3-23-15(22)19-9-7-18(8-10-19)14(21)13(20)17-12-6-4-5-11(2)16-12/h4-6H,3,7-10H2,1-2H3,(H,16,17,20). The lowest BCUT2D eigenvalue weighted by molar-refractivity contribution is -0.144. The maximum atomic E-state index is 12.1. The first-order valence-electron chi connectivity index (χ1n) is 7.47. The highest BCUT2D eigenvalue weighted by Gasteiger charge is 2.28. The lowest BCUT2D eigenvalue weighted by Crippen LogP contribution is -2.53. The molecule has 23 heavy (non-hydrogen) atoms. The van der Waals surface area contributed by atoms with Gasteiger partial charge in [0.1, 0.15) is 5.82 Å². The second-order valence-corrected chi connectivity index (χ2v) is 5.10. The van der Waals surface area contributed by atoms with Crippen LogP contribution < -0.4 is 5.32 Å². The number of nitrogens with zero attached hydrogens (tertiary/aromatic N) is 3. The Morgan fingerprint density at radius 2 is 1.83 bits per heavy atom. The smallest absolute Gasteiger partial charge is 0.409 e. The summed E-state index contributed by atoms with van der Waals surface area (Å²) >= 11 is 0. The molecule has 1 aliphatic rings. The van der Waals surface area contributed by atoms with Gasteiger partial charge < -0.3 is 19.9 Å². The molecule has 0 aliphatic carbocycles. The van der Waals surface area contributed by atoms with Crippen molar-refractivity contribution in [2.75, 3.05) is 38.1 Å². The second-order valence-electron chi connectivity index (χ2n) is 5.10. The van der Waals surface area contributed by atoms with Gasteiger partial charge in [0.25, 0.3) is 0 Å². The molecule has 1 aromatic rings. The summed E-state index contributed by atoms with van der Waals surface area (Å²) in [6.07, 6.45) is -0.395. The first-order chi connectivity index (χ1) is 11.0. The minimum Gasteiger partial charge on any atom is -0.450 e. The molecule has 3 amide bonds. The number of ether oxygens (including phenoxy) is 1. The van der Waals surface area contributed by atoms with Gasteiger partial charge in [-0.15, -0.1) is 0 Å². The minimum absolute atomic E-state index is 0.298. The van der Waals surface area contributed by atoms with Crippen LogP contribution in [0, 0.1) is 6.92 Å². The summed E-state index contributed by atoms with van der Waals surface area (Å²) in [6.45, 7) is 5.14. The van der Waals surface area contributed by atoms with Crippen molar-refractivity contribution in [3.05, 3.63) is 23.9 Å². The molecule has 8 nitrogen and oxygen atoms in total. The van der Waals surface area contributed by atoms with Gasteiger partial charge in [0.05, 0.1) is 6.61 Å². The molecule has 1 aliphatic heterocycles. The van der Waals surface area contributed by atoms with E-state index in [0.717, 1.165) is 5.69 Å². The van der Waals surface area contributed by atoms with Gasteiger partial charge in [-0.1, -0.05) is 6.07 Å². The van der Waals surface area contributed by atoms with Gasteiger partial charge in [-0.25, -0.2) is 9.78 Å². The molecule has 0 radical (unpaired) electrons. The molecule has 0 spiro atoms. The first kappa shape index (κ1) is 16.7. The molecule has 0 bridgehead atoms. The van der Waals surface area contributed by atoms with E-state index in [1.807, 2.05) is 0 Å². The zero-order chi connectivity index (χ0) is 16.8. The number of hydrogen-bond donors (Lipinski definition) is 1. The van der Waals surface area contributed by atoms with Gasteiger partial charge in [0.15, 0.2) is 0 Å². The summed E-state index contributed by atoms with van der Waals surface area (Å²) in [6, 6.07) is 5.17. The quantitative estimate of drug-likeness (QED) is 0.807. The van der Waals surface area contributed by atoms with Crippen LogP contribution in [0.25, 0.3) is 0 Å². The molecule has 0 unspecified atom stereocenters. The van der Waals surface area contributed by atoms with Crippen LogP contribution >= 0.6 is 0 Å². The van der Waals surface area contributed by atoms with Gasteiger partial charge in [0, 0.05) is 31.9 Å². The molecule has 1 aromatic heterocycles. The number of aromatic nitrogens is 1. The average Bonchev–Trinajstić information content (AvgIpc) is 2.54. The second kappa shape index (κ2) is 7.57. The molecule has 8 heteroatoms. The number of nitrogens with one attached hydrogen (secondary N) is 1. The maximum absolute atomic E-state index is 12.1. The Labute approximate surface area is 134 Å². The van der Waals surface area contributed by atoms with E-state index in [0.29, 0.717) is 38.6 Å². The van der Waals surface area contributed by atoms with E-state index >= 15 is 0 Å². The van der Waals surface area contributed by atoms with E-state index in [2.05, 4.69) is 10.3 Å². The SMILES string of the molecule is CCOC(=O)N1CCN(C(=O)C(=O)Nc2cccc(C)n2)CC1. The van der Waals surface area contributed by atoms with Gasteiger partial charge in [-0.05, 0) is 26.0 Å². The largest absolute Gasteiger partial charge is 0.450 e. The number of pyridine rings is 1. The Kier molecular flexibility index (Phi) is 5.51. The first-order valence-corrected chi connectivity index (χ1v) is 7.47. The number of anilines is 1. The molecule has 1 fully saturated rings. The Balaban J connectivity index is 1.87. The number of carbonyl (C=O) groups excluding carboxylic acids is 3. The molecule has 0 atom stereocenters. The van der Waals surface area contributed by atoms with Crippen LogP contribution in [0.2, 0.25) is 0 Å². The van der Waals surface area contributed by atoms with E-state index in [1.54, 1.807) is 32.0 Å². The van der Waals surface area contributed by atoms with Gasteiger partial charge >= 0.3 is 17.9 Å². The number of rotatable bonds is 2. The molecule has 1 N–H and O–H groups in total. The Hall–Kier alpha value is -2.64. The number of hydrogen-bond acceptors (Lipinski definition) is 5. The molecule has 0 aromatic carbocycles. The summed E-state index contributed by atoms with van der Waals surface area (Å²) in [7, 11) is 0. The molecule has 124 valence electrons. The number of carbonyl (C=O) groups is 3. The van der Waals surface area contributed by atoms with Crippen molar-refractivity contribution in [1.82, 2.24) is 14.8 Å². The van der Waals surface area contributed by atoms with Crippen LogP contribution in [-0.4, -0.2) is 65.5 Å². The van der Waals surface area contributed by atoms with Crippen molar-refractivity contribution in [3.8, 4) is 0 Å². The van der Waals surface area contributed by atoms with Gasteiger partial charge in [0.2, 0.25) is 0 Å². The van der Waals surface area contributed by atoms with Crippen LogP contribution in [0.5, 0.6) is 0 Å². The van der Waals surface area contributed by atoms with Crippen LogP contribution in [0.15, 0.2) is 18.2 Å². The normalized spacial score (nSPS) is 14.3. The molecule has 2 heterocycles. The zero-order valence-electron chi connectivity index (χ0n) is 13.2. The molecule has 1 saturated heterocycles. The fourth-order valence-corrected chi connectivity index (χ4v) is 2.23. The third-order valence-corrected chi connectivity index (χ3v) is 3.42. The summed E-state index contributed by atoms with van der Waals surface area (Å²) < 4.78 is 4.91. The van der Waals surface area contributed by atoms with Gasteiger partial charge in [-0.3, -0.25) is 9.59 Å². The van der Waals surface area contributed by atoms with Crippen LogP contribution in [0.1, 0.15) is 12.6 Å². The van der Waals surface area contributed by atoms with Crippen molar-refractivity contribution >= 4 is 23.7 Å². The van der Waals surface area contributed by atoms with Crippen LogP contribution in [0.4, 0.5) is 10.6 Å². The van der Waals surface area contributed by atoms with Crippen LogP contribution in [-0.2, 0) is 14.3 Å². The van der Waals surface area contributed by atoms with E-state index in [4.69, 9.17) is 4.74 Å². The average molecular weight is 320 g/mol. The highest BCUT2D eigenvalue weighted by Crippen LogP contribution is 2.07. The predicted octanol–water partition coefficient (Wildman–Crippen LogP) is 0.629. The van der Waals surface area contributed by atoms with E-state index in [1.165, 1.54) is 9.80 Å². The number of piperazine rings is 1. The fraction of sp³-hybridized carbons (Fsp3) is 0.467. The Morgan fingerprint density at radius 3 is 2.43 bits per heavy atom. The fourth-order valence-electron chi connectivity index (χ4n) is 2.23. The van der Waals surface area contributed by atoms with Gasteiger partial charge in [-0.2, -0.15) is 0 Å². The van der Waals surface area contributed by atoms with Crippen LogP contribution in [0.3, 0.4) is 0 Å². The Bertz CT molecular complexity index is 597. The minimum atomic E-state index is -0.729. The van der Waals surface area contributed by atoms with E-state index in [9.17, 15) is 14.4 Å². The van der Waals surface area contributed by atoms with E-state index < -0.39 is 17.9 Å². The summed E-state index contributed by atoms with van der Waals surface area (Å²) in [5, 5.41) is 2.49. The lowest BCUT2D eigenvalue weighted by atomic mass is 10.3. The number of aryl methyl sites for hydroxylation is 1. The Morgan fingerprint density at radius 1 is 1.17 bits per heavy atom. The molecular weight excluding hydrogens is 300 g/mol. The topological polar surface area (TPSA) is 91.8 Å². The third-order valence-electron chi connectivity index (χ3n) is 3.42.